The second-order valence-corrected chi connectivity index (χ2v) is 7.66. The van der Waals surface area contributed by atoms with E-state index >= 15 is 0 Å². The molecule has 1 aromatic carbocycles. The standard InChI is InChI=1S/C18H23N3O2S/c1-20(18-19-13-6-2-5-9-16(13)24-18)17(22)12-21-10-11-23-15-8-4-3-7-14(15)21/h2,5-6,9,14-15H,3-4,7-8,10-12H2,1H3/t14-,15-/m0/s1. The molecule has 6 heteroatoms. The zero-order valence-electron chi connectivity index (χ0n) is 14.0. The lowest BCUT2D eigenvalue weighted by molar-refractivity contribution is -0.126. The molecule has 5 nitrogen and oxygen atoms in total. The van der Waals surface area contributed by atoms with Crippen molar-refractivity contribution >= 4 is 32.6 Å². The molecule has 2 fully saturated rings. The minimum Gasteiger partial charge on any atom is -0.375 e. The number of para-hydroxylation sites is 1. The van der Waals surface area contributed by atoms with Gasteiger partial charge < -0.3 is 4.74 Å². The number of ether oxygens (including phenoxy) is 1. The lowest BCUT2D eigenvalue weighted by Gasteiger charge is -2.43. The molecule has 0 radical (unpaired) electrons. The van der Waals surface area contributed by atoms with E-state index in [0.29, 0.717) is 18.7 Å². The summed E-state index contributed by atoms with van der Waals surface area (Å²) in [7, 11) is 1.83. The highest BCUT2D eigenvalue weighted by Crippen LogP contribution is 2.30. The van der Waals surface area contributed by atoms with Gasteiger partial charge in [0.2, 0.25) is 5.91 Å². The topological polar surface area (TPSA) is 45.7 Å². The monoisotopic (exact) mass is 345 g/mol. The molecule has 1 saturated heterocycles. The summed E-state index contributed by atoms with van der Waals surface area (Å²) in [6.07, 6.45) is 5.07. The summed E-state index contributed by atoms with van der Waals surface area (Å²) in [6.45, 7) is 2.04. The van der Waals surface area contributed by atoms with Crippen molar-refractivity contribution in [1.82, 2.24) is 9.88 Å². The maximum absolute atomic E-state index is 12.8. The number of nitrogens with zero attached hydrogens (tertiary/aromatic N) is 3. The Labute approximate surface area is 146 Å². The number of aromatic nitrogens is 1. The van der Waals surface area contributed by atoms with Crippen molar-refractivity contribution in [3.05, 3.63) is 24.3 Å². The van der Waals surface area contributed by atoms with Crippen LogP contribution < -0.4 is 4.90 Å². The predicted molar refractivity (Wildman–Crippen MR) is 96.6 cm³/mol. The first kappa shape index (κ1) is 16.0. The van der Waals surface area contributed by atoms with Gasteiger partial charge in [0.1, 0.15) is 0 Å². The Kier molecular flexibility index (Phi) is 4.52. The van der Waals surface area contributed by atoms with E-state index in [2.05, 4.69) is 9.88 Å². The maximum atomic E-state index is 12.8. The van der Waals surface area contributed by atoms with E-state index in [1.165, 1.54) is 12.8 Å². The third-order valence-corrected chi connectivity index (χ3v) is 6.24. The first-order valence-corrected chi connectivity index (χ1v) is 9.52. The summed E-state index contributed by atoms with van der Waals surface area (Å²) < 4.78 is 7.02. The summed E-state index contributed by atoms with van der Waals surface area (Å²) in [5.41, 5.74) is 0.955. The molecule has 0 N–H and O–H groups in total. The van der Waals surface area contributed by atoms with Crippen LogP contribution in [0.4, 0.5) is 5.13 Å². The molecule has 24 heavy (non-hydrogen) atoms. The molecule has 2 heterocycles. The van der Waals surface area contributed by atoms with Crippen molar-refractivity contribution in [2.45, 2.75) is 37.8 Å². The van der Waals surface area contributed by atoms with Gasteiger partial charge in [0.15, 0.2) is 5.13 Å². The van der Waals surface area contributed by atoms with Crippen LogP contribution in [0.1, 0.15) is 25.7 Å². The van der Waals surface area contributed by atoms with Gasteiger partial charge >= 0.3 is 0 Å². The Morgan fingerprint density at radius 1 is 1.38 bits per heavy atom. The number of rotatable bonds is 3. The lowest BCUT2D eigenvalue weighted by Crippen LogP contribution is -2.55. The highest BCUT2D eigenvalue weighted by atomic mass is 32.1. The van der Waals surface area contributed by atoms with Gasteiger partial charge in [-0.3, -0.25) is 14.6 Å². The zero-order valence-corrected chi connectivity index (χ0v) is 14.8. The van der Waals surface area contributed by atoms with Crippen molar-refractivity contribution in [3.8, 4) is 0 Å². The number of fused-ring (bicyclic) bond motifs is 2. The number of amides is 1. The smallest absolute Gasteiger partial charge is 0.242 e. The van der Waals surface area contributed by atoms with E-state index in [9.17, 15) is 4.79 Å². The predicted octanol–water partition coefficient (Wildman–Crippen LogP) is 2.90. The van der Waals surface area contributed by atoms with E-state index in [4.69, 9.17) is 4.74 Å². The average molecular weight is 345 g/mol. The Bertz CT molecular complexity index is 697. The minimum absolute atomic E-state index is 0.111. The van der Waals surface area contributed by atoms with Crippen LogP contribution in [0, 0.1) is 0 Å². The van der Waals surface area contributed by atoms with Gasteiger partial charge in [-0.25, -0.2) is 4.98 Å². The number of hydrogen-bond donors (Lipinski definition) is 0. The van der Waals surface area contributed by atoms with Crippen molar-refractivity contribution in [3.63, 3.8) is 0 Å². The molecule has 2 atom stereocenters. The van der Waals surface area contributed by atoms with Crippen LogP contribution >= 0.6 is 11.3 Å². The highest BCUT2D eigenvalue weighted by molar-refractivity contribution is 7.22. The van der Waals surface area contributed by atoms with Crippen LogP contribution in [0.25, 0.3) is 10.2 Å². The number of hydrogen-bond acceptors (Lipinski definition) is 5. The van der Waals surface area contributed by atoms with Gasteiger partial charge in [0.25, 0.3) is 0 Å². The Morgan fingerprint density at radius 2 is 2.21 bits per heavy atom. The third-order valence-electron chi connectivity index (χ3n) is 5.13. The second kappa shape index (κ2) is 6.78. The molecule has 0 unspecified atom stereocenters. The molecule has 0 spiro atoms. The molecule has 1 aromatic heterocycles. The summed E-state index contributed by atoms with van der Waals surface area (Å²) in [5, 5.41) is 0.773. The number of likely N-dealkylation sites (N-methyl/N-ethyl adjacent to an activating group) is 1. The fourth-order valence-corrected chi connectivity index (χ4v) is 4.71. The summed E-state index contributed by atoms with van der Waals surface area (Å²) in [4.78, 5) is 21.4. The number of thiazole rings is 1. The van der Waals surface area contributed by atoms with E-state index in [1.54, 1.807) is 16.2 Å². The van der Waals surface area contributed by atoms with Crippen LogP contribution in [0.2, 0.25) is 0 Å². The SMILES string of the molecule is CN(C(=O)CN1CCO[C@H]2CCCC[C@@H]21)c1nc2ccccc2s1. The van der Waals surface area contributed by atoms with Gasteiger partial charge in [-0.1, -0.05) is 36.3 Å². The van der Waals surface area contributed by atoms with Crippen molar-refractivity contribution in [1.29, 1.82) is 0 Å². The number of carbonyl (C=O) groups is 1. The van der Waals surface area contributed by atoms with E-state index in [0.717, 1.165) is 41.3 Å². The fourth-order valence-electron chi connectivity index (χ4n) is 3.76. The van der Waals surface area contributed by atoms with Gasteiger partial charge in [-0.2, -0.15) is 0 Å². The average Bonchev–Trinajstić information content (AvgIpc) is 3.05. The largest absolute Gasteiger partial charge is 0.375 e. The van der Waals surface area contributed by atoms with Crippen molar-refractivity contribution < 1.29 is 9.53 Å². The summed E-state index contributed by atoms with van der Waals surface area (Å²) in [5.74, 6) is 0.111. The number of carbonyl (C=O) groups excluding carboxylic acids is 1. The second-order valence-electron chi connectivity index (χ2n) is 6.65. The molecular weight excluding hydrogens is 322 g/mol. The molecule has 2 aliphatic rings. The van der Waals surface area contributed by atoms with Crippen molar-refractivity contribution in [2.24, 2.45) is 0 Å². The molecular formula is C18H23N3O2S. The first-order chi connectivity index (χ1) is 11.7. The molecule has 0 bridgehead atoms. The van der Waals surface area contributed by atoms with Gasteiger partial charge in [-0.15, -0.1) is 0 Å². The Hall–Kier alpha value is -1.50. The lowest BCUT2D eigenvalue weighted by atomic mass is 9.90. The number of benzene rings is 1. The van der Waals surface area contributed by atoms with Gasteiger partial charge in [0, 0.05) is 19.6 Å². The number of morpholine rings is 1. The molecule has 4 rings (SSSR count). The van der Waals surface area contributed by atoms with Crippen molar-refractivity contribution in [2.75, 3.05) is 31.6 Å². The molecule has 1 aliphatic carbocycles. The third kappa shape index (κ3) is 3.06. The first-order valence-electron chi connectivity index (χ1n) is 8.70. The zero-order chi connectivity index (χ0) is 16.5. The molecule has 128 valence electrons. The Morgan fingerprint density at radius 3 is 3.08 bits per heavy atom. The quantitative estimate of drug-likeness (QED) is 0.858. The van der Waals surface area contributed by atoms with E-state index in [-0.39, 0.29) is 5.91 Å². The van der Waals surface area contributed by atoms with Crippen LogP contribution in [0.3, 0.4) is 0 Å². The van der Waals surface area contributed by atoms with Gasteiger partial charge in [0.05, 0.1) is 29.5 Å². The normalized spacial score (nSPS) is 24.7. The van der Waals surface area contributed by atoms with Crippen LogP contribution in [0.15, 0.2) is 24.3 Å². The van der Waals surface area contributed by atoms with Crippen LogP contribution in [-0.4, -0.2) is 54.7 Å². The summed E-state index contributed by atoms with van der Waals surface area (Å²) >= 11 is 1.57. The summed E-state index contributed by atoms with van der Waals surface area (Å²) in [6, 6.07) is 8.42. The maximum Gasteiger partial charge on any atom is 0.242 e. The molecule has 1 amide bonds. The van der Waals surface area contributed by atoms with Crippen LogP contribution in [0.5, 0.6) is 0 Å². The van der Waals surface area contributed by atoms with E-state index < -0.39 is 0 Å². The molecule has 1 saturated carbocycles. The van der Waals surface area contributed by atoms with E-state index in [1.807, 2.05) is 31.3 Å². The molecule has 1 aliphatic heterocycles. The highest BCUT2D eigenvalue weighted by Gasteiger charge is 2.35. The molecule has 2 aromatic rings. The van der Waals surface area contributed by atoms with Crippen LogP contribution in [-0.2, 0) is 9.53 Å². The number of anilines is 1. The Balaban J connectivity index is 1.46. The van der Waals surface area contributed by atoms with Gasteiger partial charge in [-0.05, 0) is 25.0 Å². The fraction of sp³-hybridized carbons (Fsp3) is 0.556. The minimum atomic E-state index is 0.111.